The number of hydrogen-bond donors (Lipinski definition) is 2. The monoisotopic (exact) mass is 356 g/mol. The SMILES string of the molecule is O=C(C1CCN(c2ccc3ccc(O)c(CO)c3c2)C1)N1CCOCC1. The van der Waals surface area contributed by atoms with Gasteiger partial charge in [0.15, 0.2) is 0 Å². The molecule has 2 aliphatic rings. The van der Waals surface area contributed by atoms with Crippen molar-refractivity contribution in [3.63, 3.8) is 0 Å². The van der Waals surface area contributed by atoms with Gasteiger partial charge in [0.25, 0.3) is 0 Å². The number of anilines is 1. The van der Waals surface area contributed by atoms with Crippen molar-refractivity contribution in [2.24, 2.45) is 5.92 Å². The number of aromatic hydroxyl groups is 1. The van der Waals surface area contributed by atoms with Gasteiger partial charge in [-0.15, -0.1) is 0 Å². The molecule has 6 nitrogen and oxygen atoms in total. The number of fused-ring (bicyclic) bond motifs is 1. The summed E-state index contributed by atoms with van der Waals surface area (Å²) in [7, 11) is 0. The quantitative estimate of drug-likeness (QED) is 0.876. The van der Waals surface area contributed by atoms with E-state index in [1.807, 2.05) is 29.2 Å². The van der Waals surface area contributed by atoms with E-state index in [2.05, 4.69) is 4.90 Å². The van der Waals surface area contributed by atoms with Crippen LogP contribution in [0.1, 0.15) is 12.0 Å². The highest BCUT2D eigenvalue weighted by Crippen LogP contribution is 2.32. The van der Waals surface area contributed by atoms with Crippen molar-refractivity contribution >= 4 is 22.4 Å². The van der Waals surface area contributed by atoms with Crippen LogP contribution in [-0.4, -0.2) is 60.4 Å². The molecule has 2 aliphatic heterocycles. The number of carbonyl (C=O) groups excluding carboxylic acids is 1. The topological polar surface area (TPSA) is 73.2 Å². The first-order valence-corrected chi connectivity index (χ1v) is 9.14. The van der Waals surface area contributed by atoms with Crippen LogP contribution in [0.15, 0.2) is 30.3 Å². The van der Waals surface area contributed by atoms with Crippen LogP contribution in [0.25, 0.3) is 10.8 Å². The highest BCUT2D eigenvalue weighted by molar-refractivity contribution is 5.90. The molecule has 1 atom stereocenters. The number of aliphatic hydroxyl groups excluding tert-OH is 1. The Morgan fingerprint density at radius 1 is 1.15 bits per heavy atom. The Morgan fingerprint density at radius 2 is 1.92 bits per heavy atom. The molecule has 0 bridgehead atoms. The lowest BCUT2D eigenvalue weighted by molar-refractivity contribution is -0.138. The van der Waals surface area contributed by atoms with Crippen LogP contribution in [0.5, 0.6) is 5.75 Å². The molecule has 2 heterocycles. The Morgan fingerprint density at radius 3 is 2.69 bits per heavy atom. The minimum atomic E-state index is -0.204. The minimum absolute atomic E-state index is 0.0188. The summed E-state index contributed by atoms with van der Waals surface area (Å²) < 4.78 is 5.33. The zero-order chi connectivity index (χ0) is 18.1. The number of aliphatic hydroxyl groups is 1. The second kappa shape index (κ2) is 7.13. The molecule has 1 amide bonds. The van der Waals surface area contributed by atoms with Crippen molar-refractivity contribution < 1.29 is 19.7 Å². The number of ether oxygens (including phenoxy) is 1. The molecule has 2 fully saturated rings. The van der Waals surface area contributed by atoms with Crippen molar-refractivity contribution in [1.29, 1.82) is 0 Å². The van der Waals surface area contributed by atoms with Crippen molar-refractivity contribution in [1.82, 2.24) is 4.90 Å². The van der Waals surface area contributed by atoms with Crippen molar-refractivity contribution in [2.75, 3.05) is 44.3 Å². The molecule has 0 spiro atoms. The third-order valence-electron chi connectivity index (χ3n) is 5.48. The van der Waals surface area contributed by atoms with E-state index in [4.69, 9.17) is 4.74 Å². The highest BCUT2D eigenvalue weighted by Gasteiger charge is 2.32. The Hall–Kier alpha value is -2.31. The van der Waals surface area contributed by atoms with Gasteiger partial charge in [0.1, 0.15) is 5.75 Å². The maximum atomic E-state index is 12.7. The summed E-state index contributed by atoms with van der Waals surface area (Å²) in [4.78, 5) is 16.8. The van der Waals surface area contributed by atoms with Crippen molar-refractivity contribution in [3.8, 4) is 5.75 Å². The predicted octanol–water partition coefficient (Wildman–Crippen LogP) is 1.72. The summed E-state index contributed by atoms with van der Waals surface area (Å²) in [5, 5.41) is 21.4. The molecule has 0 radical (unpaired) electrons. The fourth-order valence-electron chi connectivity index (χ4n) is 3.96. The fraction of sp³-hybridized carbons (Fsp3) is 0.450. The molecule has 2 aromatic carbocycles. The molecule has 6 heteroatoms. The maximum Gasteiger partial charge on any atom is 0.227 e. The largest absolute Gasteiger partial charge is 0.508 e. The van der Waals surface area contributed by atoms with Crippen LogP contribution in [0, 0.1) is 5.92 Å². The van der Waals surface area contributed by atoms with Crippen LogP contribution in [-0.2, 0) is 16.1 Å². The molecule has 0 saturated carbocycles. The van der Waals surface area contributed by atoms with Gasteiger partial charge in [0.2, 0.25) is 5.91 Å². The molecule has 1 unspecified atom stereocenters. The minimum Gasteiger partial charge on any atom is -0.508 e. The summed E-state index contributed by atoms with van der Waals surface area (Å²) >= 11 is 0. The standard InChI is InChI=1S/C20H24N2O4/c23-13-18-17-11-16(3-1-14(17)2-4-19(18)24)22-6-5-15(12-22)20(25)21-7-9-26-10-8-21/h1-4,11,15,23-24H,5-10,12-13H2. The van der Waals surface area contributed by atoms with E-state index >= 15 is 0 Å². The molecule has 2 N–H and O–H groups in total. The molecular formula is C20H24N2O4. The second-order valence-corrected chi connectivity index (χ2v) is 7.00. The smallest absolute Gasteiger partial charge is 0.227 e. The van der Waals surface area contributed by atoms with Gasteiger partial charge in [-0.3, -0.25) is 4.79 Å². The molecule has 4 rings (SSSR count). The van der Waals surface area contributed by atoms with E-state index in [-0.39, 0.29) is 24.2 Å². The van der Waals surface area contributed by atoms with Gasteiger partial charge in [0.05, 0.1) is 25.7 Å². The number of benzene rings is 2. The van der Waals surface area contributed by atoms with Crippen LogP contribution in [0.4, 0.5) is 5.69 Å². The van der Waals surface area contributed by atoms with Gasteiger partial charge in [0, 0.05) is 37.4 Å². The number of morpholine rings is 1. The summed E-state index contributed by atoms with van der Waals surface area (Å²) in [6, 6.07) is 9.51. The first-order valence-electron chi connectivity index (χ1n) is 9.14. The first-order chi connectivity index (χ1) is 12.7. The van der Waals surface area contributed by atoms with Gasteiger partial charge >= 0.3 is 0 Å². The Bertz CT molecular complexity index is 817. The summed E-state index contributed by atoms with van der Waals surface area (Å²) in [6.07, 6.45) is 0.848. The lowest BCUT2D eigenvalue weighted by Gasteiger charge is -2.29. The van der Waals surface area contributed by atoms with Gasteiger partial charge in [-0.05, 0) is 35.4 Å². The number of carbonyl (C=O) groups is 1. The Kier molecular flexibility index (Phi) is 4.70. The number of amides is 1. The van der Waals surface area contributed by atoms with Crippen LogP contribution in [0.3, 0.4) is 0 Å². The van der Waals surface area contributed by atoms with E-state index in [9.17, 15) is 15.0 Å². The van der Waals surface area contributed by atoms with Gasteiger partial charge in [-0.25, -0.2) is 0 Å². The second-order valence-electron chi connectivity index (χ2n) is 7.00. The third kappa shape index (κ3) is 3.10. The van der Waals surface area contributed by atoms with E-state index in [0.717, 1.165) is 29.4 Å². The van der Waals surface area contributed by atoms with Gasteiger partial charge in [-0.1, -0.05) is 12.1 Å². The fourth-order valence-corrected chi connectivity index (χ4v) is 3.96. The van der Waals surface area contributed by atoms with Crippen molar-refractivity contribution in [2.45, 2.75) is 13.0 Å². The summed E-state index contributed by atoms with van der Waals surface area (Å²) in [5.74, 6) is 0.356. The van der Waals surface area contributed by atoms with E-state index in [0.29, 0.717) is 38.4 Å². The molecular weight excluding hydrogens is 332 g/mol. The lowest BCUT2D eigenvalue weighted by Crippen LogP contribution is -2.44. The summed E-state index contributed by atoms with van der Waals surface area (Å²) in [5.41, 5.74) is 1.57. The maximum absolute atomic E-state index is 12.7. The van der Waals surface area contributed by atoms with Gasteiger partial charge < -0.3 is 24.7 Å². The van der Waals surface area contributed by atoms with E-state index < -0.39 is 0 Å². The lowest BCUT2D eigenvalue weighted by atomic mass is 10.0. The average Bonchev–Trinajstić information content (AvgIpc) is 3.18. The molecule has 2 saturated heterocycles. The molecule has 0 aliphatic carbocycles. The Balaban J connectivity index is 1.54. The van der Waals surface area contributed by atoms with Crippen LogP contribution < -0.4 is 4.90 Å². The first kappa shape index (κ1) is 17.1. The normalized spacial score (nSPS) is 20.7. The summed E-state index contributed by atoms with van der Waals surface area (Å²) in [6.45, 7) is 3.95. The number of phenols is 1. The molecule has 138 valence electrons. The van der Waals surface area contributed by atoms with Crippen LogP contribution in [0.2, 0.25) is 0 Å². The molecule has 0 aromatic heterocycles. The zero-order valence-corrected chi connectivity index (χ0v) is 14.7. The molecule has 26 heavy (non-hydrogen) atoms. The number of hydrogen-bond acceptors (Lipinski definition) is 5. The van der Waals surface area contributed by atoms with Crippen LogP contribution >= 0.6 is 0 Å². The molecule has 2 aromatic rings. The van der Waals surface area contributed by atoms with Gasteiger partial charge in [-0.2, -0.15) is 0 Å². The number of nitrogens with zero attached hydrogens (tertiary/aromatic N) is 2. The zero-order valence-electron chi connectivity index (χ0n) is 14.7. The average molecular weight is 356 g/mol. The van der Waals surface area contributed by atoms with E-state index in [1.54, 1.807) is 6.07 Å². The third-order valence-corrected chi connectivity index (χ3v) is 5.48. The van der Waals surface area contributed by atoms with Crippen molar-refractivity contribution in [3.05, 3.63) is 35.9 Å². The van der Waals surface area contributed by atoms with E-state index in [1.165, 1.54) is 0 Å². The predicted molar refractivity (Wildman–Crippen MR) is 99.3 cm³/mol. The number of rotatable bonds is 3. The Labute approximate surface area is 152 Å². The highest BCUT2D eigenvalue weighted by atomic mass is 16.5.